The van der Waals surface area contributed by atoms with Crippen molar-refractivity contribution in [1.82, 2.24) is 0 Å². The average molecular weight is 638 g/mol. The number of nitrogens with zero attached hydrogens (tertiary/aromatic N) is 1. The van der Waals surface area contributed by atoms with Crippen LogP contribution in [0.5, 0.6) is 0 Å². The number of unbranched alkanes of at least 4 members (excludes halogenated alkanes) is 1. The van der Waals surface area contributed by atoms with E-state index in [-0.39, 0.29) is 0 Å². The minimum absolute atomic E-state index is 0.626. The lowest BCUT2D eigenvalue weighted by molar-refractivity contribution is -0.675. The minimum atomic E-state index is 0.626. The lowest BCUT2D eigenvalue weighted by Crippen LogP contribution is -2.39. The van der Waals surface area contributed by atoms with Gasteiger partial charge >= 0.3 is 0 Å². The largest absolute Gasteiger partial charge is 0.213 e. The van der Waals surface area contributed by atoms with E-state index >= 15 is 0 Å². The fourth-order valence-corrected chi connectivity index (χ4v) is 6.10. The molecule has 226 valence electrons. The summed E-state index contributed by atoms with van der Waals surface area (Å²) in [7, 11) is 0. The van der Waals surface area contributed by atoms with Crippen LogP contribution >= 0.6 is 23.2 Å². The van der Waals surface area contributed by atoms with Crippen molar-refractivity contribution in [2.75, 3.05) is 0 Å². The third kappa shape index (κ3) is 7.74. The summed E-state index contributed by atoms with van der Waals surface area (Å²) in [6.07, 6.45) is 10.8. The molecule has 0 aliphatic carbocycles. The van der Waals surface area contributed by atoms with Gasteiger partial charge in [0.15, 0.2) is 0 Å². The van der Waals surface area contributed by atoms with Gasteiger partial charge in [-0.2, -0.15) is 4.57 Å². The number of pyridine rings is 1. The topological polar surface area (TPSA) is 3.88 Å². The van der Waals surface area contributed by atoms with Gasteiger partial charge in [0, 0.05) is 45.3 Å². The fourth-order valence-electron chi connectivity index (χ4n) is 5.58. The van der Waals surface area contributed by atoms with Gasteiger partial charge in [-0.15, -0.1) is 0 Å². The number of aromatic nitrogens is 1. The summed E-state index contributed by atoms with van der Waals surface area (Å²) in [5.74, 6) is 0. The second kappa shape index (κ2) is 15.1. The van der Waals surface area contributed by atoms with E-state index in [9.17, 15) is 0 Å². The monoisotopic (exact) mass is 636 g/mol. The molecule has 0 radical (unpaired) electrons. The van der Waals surface area contributed by atoms with Gasteiger partial charge in [0.2, 0.25) is 11.4 Å². The Kier molecular flexibility index (Phi) is 10.2. The highest BCUT2D eigenvalue weighted by Crippen LogP contribution is 2.35. The minimum Gasteiger partial charge on any atom is -0.191 e. The molecule has 0 aliphatic heterocycles. The molecule has 6 aromatic rings. The smallest absolute Gasteiger partial charge is 0.191 e. The van der Waals surface area contributed by atoms with Crippen LogP contribution < -0.4 is 4.57 Å². The first kappa shape index (κ1) is 31.3. The molecule has 5 aromatic carbocycles. The first-order chi connectivity index (χ1) is 22.6. The number of hydrogen-bond acceptors (Lipinski definition) is 0. The predicted molar refractivity (Wildman–Crippen MR) is 199 cm³/mol. The van der Waals surface area contributed by atoms with Gasteiger partial charge in [0.05, 0.1) is 0 Å². The average Bonchev–Trinajstić information content (AvgIpc) is 3.10. The Morgan fingerprint density at radius 1 is 0.500 bits per heavy atom. The Hall–Kier alpha value is -4.69. The third-order valence-electron chi connectivity index (χ3n) is 8.09. The van der Waals surface area contributed by atoms with Crippen molar-refractivity contribution >= 4 is 47.5 Å². The van der Waals surface area contributed by atoms with Crippen molar-refractivity contribution in [1.29, 1.82) is 0 Å². The first-order valence-electron chi connectivity index (χ1n) is 15.8. The van der Waals surface area contributed by atoms with Crippen molar-refractivity contribution in [3.63, 3.8) is 0 Å². The molecule has 0 unspecified atom stereocenters. The van der Waals surface area contributed by atoms with Crippen LogP contribution in [-0.4, -0.2) is 0 Å². The lowest BCUT2D eigenvalue weighted by Gasteiger charge is -2.14. The Bertz CT molecular complexity index is 1840. The summed E-state index contributed by atoms with van der Waals surface area (Å²) in [6, 6.07) is 48.7. The number of rotatable bonds is 10. The normalized spacial score (nSPS) is 11.5. The quantitative estimate of drug-likeness (QED) is 0.104. The molecule has 0 amide bonds. The number of halogens is 2. The zero-order valence-corrected chi connectivity index (χ0v) is 27.4. The molecular weight excluding hydrogens is 601 g/mol. The van der Waals surface area contributed by atoms with E-state index in [1.165, 1.54) is 11.1 Å². The second-order valence-electron chi connectivity index (χ2n) is 11.4. The van der Waals surface area contributed by atoms with Crippen molar-refractivity contribution in [2.24, 2.45) is 0 Å². The number of benzene rings is 5. The van der Waals surface area contributed by atoms with Crippen LogP contribution in [0.4, 0.5) is 0 Å². The highest BCUT2D eigenvalue weighted by atomic mass is 35.5. The maximum atomic E-state index is 6.79. The maximum absolute atomic E-state index is 6.79. The van der Waals surface area contributed by atoms with Crippen molar-refractivity contribution in [3.05, 3.63) is 172 Å². The van der Waals surface area contributed by atoms with E-state index in [2.05, 4.69) is 145 Å². The van der Waals surface area contributed by atoms with Gasteiger partial charge < -0.3 is 0 Å². The highest BCUT2D eigenvalue weighted by molar-refractivity contribution is 6.36. The van der Waals surface area contributed by atoms with Crippen LogP contribution in [0.2, 0.25) is 10.0 Å². The Labute approximate surface area is 282 Å². The van der Waals surface area contributed by atoms with Gasteiger partial charge in [-0.05, 0) is 64.2 Å². The molecule has 6 rings (SSSR count). The molecule has 0 saturated heterocycles. The van der Waals surface area contributed by atoms with E-state index in [1.807, 2.05) is 30.3 Å². The van der Waals surface area contributed by atoms with E-state index in [0.717, 1.165) is 64.2 Å². The van der Waals surface area contributed by atoms with E-state index in [4.69, 9.17) is 23.2 Å². The Balaban J connectivity index is 1.43. The van der Waals surface area contributed by atoms with Crippen LogP contribution in [0.15, 0.2) is 140 Å². The van der Waals surface area contributed by atoms with Crippen molar-refractivity contribution < 1.29 is 4.57 Å². The van der Waals surface area contributed by atoms with E-state index in [1.54, 1.807) is 0 Å². The lowest BCUT2D eigenvalue weighted by atomic mass is 9.97. The highest BCUT2D eigenvalue weighted by Gasteiger charge is 2.23. The zero-order chi connectivity index (χ0) is 31.7. The van der Waals surface area contributed by atoms with Gasteiger partial charge in [0.25, 0.3) is 0 Å². The molecule has 3 heteroatoms. The molecule has 0 N–H and O–H groups in total. The molecule has 1 heterocycles. The van der Waals surface area contributed by atoms with Crippen molar-refractivity contribution in [3.8, 4) is 33.6 Å². The van der Waals surface area contributed by atoms with Crippen LogP contribution in [-0.2, 0) is 6.54 Å². The molecule has 0 bridgehead atoms. The third-order valence-corrected chi connectivity index (χ3v) is 8.64. The van der Waals surface area contributed by atoms with E-state index in [0.29, 0.717) is 10.0 Å². The molecule has 0 atom stereocenters. The molecule has 46 heavy (non-hydrogen) atoms. The SMILES string of the molecule is CCCC[n+]1c(-c2ccc(/C=C/c3ccccc3)cc2)cc(-c2ccc(Cl)cc2Cl)cc1-c1ccc(/C=C/c2ccccc2)cc1. The fraction of sp³-hybridized carbons (Fsp3) is 0.0930. The zero-order valence-electron chi connectivity index (χ0n) is 25.9. The Morgan fingerprint density at radius 2 is 0.957 bits per heavy atom. The molecular formula is C43H36Cl2N+. The van der Waals surface area contributed by atoms with Crippen LogP contribution in [0.1, 0.15) is 42.0 Å². The molecule has 0 aliphatic rings. The van der Waals surface area contributed by atoms with E-state index < -0.39 is 0 Å². The maximum Gasteiger partial charge on any atom is 0.213 e. The summed E-state index contributed by atoms with van der Waals surface area (Å²) in [5.41, 5.74) is 11.3. The molecule has 1 nitrogen and oxygen atoms in total. The summed E-state index contributed by atoms with van der Waals surface area (Å²) < 4.78 is 2.46. The molecule has 0 spiro atoms. The van der Waals surface area contributed by atoms with Crippen LogP contribution in [0.3, 0.4) is 0 Å². The van der Waals surface area contributed by atoms with Gasteiger partial charge in [-0.3, -0.25) is 0 Å². The summed E-state index contributed by atoms with van der Waals surface area (Å²) >= 11 is 13.1. The van der Waals surface area contributed by atoms with Gasteiger partial charge in [0.1, 0.15) is 6.54 Å². The number of hydrogen-bond donors (Lipinski definition) is 0. The standard InChI is InChI=1S/C43H36Cl2N/c1-2-3-28-46-42(36-22-18-34(19-23-36)16-14-32-10-6-4-7-11-32)29-38(40-27-26-39(44)31-41(40)45)30-43(46)37-24-20-35(21-25-37)17-15-33-12-8-5-9-13-33/h4-27,29-31H,2-3,28H2,1H3/q+1/b16-14+,17-15+. The Morgan fingerprint density at radius 3 is 1.39 bits per heavy atom. The molecule has 0 fully saturated rings. The summed E-state index contributed by atoms with van der Waals surface area (Å²) in [5, 5.41) is 1.26. The van der Waals surface area contributed by atoms with Gasteiger partial charge in [-0.1, -0.05) is 152 Å². The second-order valence-corrected chi connectivity index (χ2v) is 12.2. The summed E-state index contributed by atoms with van der Waals surface area (Å²) in [6.45, 7) is 3.14. The van der Waals surface area contributed by atoms with Gasteiger partial charge in [-0.25, -0.2) is 0 Å². The molecule has 0 saturated carbocycles. The van der Waals surface area contributed by atoms with Crippen LogP contribution in [0.25, 0.3) is 57.9 Å². The van der Waals surface area contributed by atoms with Crippen molar-refractivity contribution in [2.45, 2.75) is 26.3 Å². The first-order valence-corrected chi connectivity index (χ1v) is 16.5. The summed E-state index contributed by atoms with van der Waals surface area (Å²) in [4.78, 5) is 0. The van der Waals surface area contributed by atoms with Crippen LogP contribution in [0, 0.1) is 0 Å². The predicted octanol–water partition coefficient (Wildman–Crippen LogP) is 12.4. The molecule has 1 aromatic heterocycles.